The minimum Gasteiger partial charge on any atom is -0.504 e. The van der Waals surface area contributed by atoms with Crippen molar-refractivity contribution in [3.8, 4) is 17.2 Å². The fourth-order valence-corrected chi connectivity index (χ4v) is 5.66. The van der Waals surface area contributed by atoms with Gasteiger partial charge in [0.25, 0.3) is 11.6 Å². The number of aromatic hydroxyl groups is 3. The van der Waals surface area contributed by atoms with Gasteiger partial charge in [0.05, 0.1) is 22.0 Å². The van der Waals surface area contributed by atoms with Gasteiger partial charge < -0.3 is 25.7 Å². The number of nitro benzene ring substituents is 1. The number of nitro groups is 1. The lowest BCUT2D eigenvalue weighted by molar-refractivity contribution is -0.384. The number of nitrogens with one attached hydrogen (secondary N) is 1. The first-order chi connectivity index (χ1) is 18.8. The summed E-state index contributed by atoms with van der Waals surface area (Å²) in [5, 5.41) is 54.1. The van der Waals surface area contributed by atoms with Crippen molar-refractivity contribution in [2.24, 2.45) is 5.92 Å². The zero-order chi connectivity index (χ0) is 29.6. The summed E-state index contributed by atoms with van der Waals surface area (Å²) in [5.74, 6) is -3.17. The van der Waals surface area contributed by atoms with Crippen LogP contribution in [-0.2, 0) is 16.4 Å². The maximum atomic E-state index is 13.5. The number of carbonyl (C=O) groups is 1. The van der Waals surface area contributed by atoms with E-state index in [4.69, 9.17) is 0 Å². The lowest BCUT2D eigenvalue weighted by Crippen LogP contribution is -2.51. The standard InChI is InChI=1S/C27H31N3O9S/c1-17(2)15-29(40(38,39)21-10-8-20(9-11-21)30(36)37)16-25(33)22(12-18-6-4-3-5-7-18)28-27(35)19-13-23(31)26(34)24(32)14-19/h3-11,13-14,17,22,25,31-34H,12,15-16H2,1-2H3,(H,28,35)/t22-,25+/m0/s1. The quantitative estimate of drug-likeness (QED) is 0.123. The predicted octanol–water partition coefficient (Wildman–Crippen LogP) is 2.76. The number of carbonyl (C=O) groups excluding carboxylic acids is 1. The number of hydrogen-bond acceptors (Lipinski definition) is 9. The molecule has 0 unspecified atom stereocenters. The van der Waals surface area contributed by atoms with E-state index in [0.29, 0.717) is 0 Å². The van der Waals surface area contributed by atoms with Gasteiger partial charge in [-0.15, -0.1) is 0 Å². The number of non-ortho nitro benzene ring substituents is 1. The Hall–Kier alpha value is -4.20. The molecule has 0 spiro atoms. The molecule has 0 heterocycles. The van der Waals surface area contributed by atoms with E-state index < -0.39 is 56.8 Å². The summed E-state index contributed by atoms with van der Waals surface area (Å²) < 4.78 is 28.1. The minimum atomic E-state index is -4.19. The first kappa shape index (κ1) is 30.3. The van der Waals surface area contributed by atoms with Crippen molar-refractivity contribution in [2.75, 3.05) is 13.1 Å². The molecule has 0 aromatic heterocycles. The second kappa shape index (κ2) is 12.8. The summed E-state index contributed by atoms with van der Waals surface area (Å²) in [6.45, 7) is 3.18. The van der Waals surface area contributed by atoms with Gasteiger partial charge in [-0.3, -0.25) is 14.9 Å². The minimum absolute atomic E-state index is 0.0160. The third-order valence-electron chi connectivity index (χ3n) is 6.06. The van der Waals surface area contributed by atoms with E-state index >= 15 is 0 Å². The van der Waals surface area contributed by atoms with Crippen LogP contribution in [0.2, 0.25) is 0 Å². The number of phenolic OH excluding ortho intramolecular Hbond substituents is 3. The number of sulfonamides is 1. The molecule has 3 rings (SSSR count). The Balaban J connectivity index is 1.92. The maximum absolute atomic E-state index is 13.5. The fourth-order valence-electron chi connectivity index (χ4n) is 4.04. The highest BCUT2D eigenvalue weighted by atomic mass is 32.2. The van der Waals surface area contributed by atoms with Crippen molar-refractivity contribution < 1.29 is 38.6 Å². The SMILES string of the molecule is CC(C)CN(C[C@@H](O)[C@H](Cc1ccccc1)NC(=O)c1cc(O)c(O)c(O)c1)S(=O)(=O)c1ccc([N+](=O)[O-])cc1. The number of phenols is 3. The van der Waals surface area contributed by atoms with E-state index in [1.165, 1.54) is 0 Å². The van der Waals surface area contributed by atoms with E-state index in [2.05, 4.69) is 5.32 Å². The highest BCUT2D eigenvalue weighted by Gasteiger charge is 2.32. The highest BCUT2D eigenvalue weighted by molar-refractivity contribution is 7.89. The van der Waals surface area contributed by atoms with Crippen LogP contribution in [0, 0.1) is 16.0 Å². The summed E-state index contributed by atoms with van der Waals surface area (Å²) in [5.41, 5.74) is 0.263. The third-order valence-corrected chi connectivity index (χ3v) is 7.90. The van der Waals surface area contributed by atoms with Crippen LogP contribution < -0.4 is 5.32 Å². The smallest absolute Gasteiger partial charge is 0.269 e. The van der Waals surface area contributed by atoms with E-state index in [1.807, 2.05) is 0 Å². The normalized spacial score (nSPS) is 13.2. The summed E-state index contributed by atoms with van der Waals surface area (Å²) in [4.78, 5) is 23.2. The molecule has 1 amide bonds. The molecular formula is C27H31N3O9S. The molecule has 0 radical (unpaired) electrons. The zero-order valence-corrected chi connectivity index (χ0v) is 22.7. The van der Waals surface area contributed by atoms with Crippen molar-refractivity contribution in [3.05, 3.63) is 88.0 Å². The van der Waals surface area contributed by atoms with Crippen molar-refractivity contribution in [3.63, 3.8) is 0 Å². The first-order valence-corrected chi connectivity index (χ1v) is 13.8. The molecule has 40 heavy (non-hydrogen) atoms. The molecule has 3 aromatic rings. The Morgan fingerprint density at radius 3 is 2.08 bits per heavy atom. The number of hydrogen-bond donors (Lipinski definition) is 5. The molecule has 0 fully saturated rings. The molecule has 0 aliphatic heterocycles. The van der Waals surface area contributed by atoms with Crippen molar-refractivity contribution >= 4 is 21.6 Å². The Morgan fingerprint density at radius 1 is 0.975 bits per heavy atom. The summed E-state index contributed by atoms with van der Waals surface area (Å²) in [7, 11) is -4.19. The van der Waals surface area contributed by atoms with E-state index in [9.17, 15) is 43.8 Å². The van der Waals surface area contributed by atoms with Crippen LogP contribution in [0.3, 0.4) is 0 Å². The van der Waals surface area contributed by atoms with Crippen molar-refractivity contribution in [2.45, 2.75) is 37.3 Å². The Kier molecular flexibility index (Phi) is 9.69. The van der Waals surface area contributed by atoms with E-state index in [1.54, 1.807) is 44.2 Å². The maximum Gasteiger partial charge on any atom is 0.269 e. The van der Waals surface area contributed by atoms with Gasteiger partial charge >= 0.3 is 0 Å². The van der Waals surface area contributed by atoms with E-state index in [0.717, 1.165) is 46.3 Å². The van der Waals surface area contributed by atoms with Crippen LogP contribution in [0.15, 0.2) is 71.6 Å². The lowest BCUT2D eigenvalue weighted by Gasteiger charge is -2.30. The molecule has 12 nitrogen and oxygen atoms in total. The van der Waals surface area contributed by atoms with E-state index in [-0.39, 0.29) is 35.0 Å². The third kappa shape index (κ3) is 7.46. The number of benzene rings is 3. The molecule has 0 saturated heterocycles. The number of rotatable bonds is 12. The molecule has 5 N–H and O–H groups in total. The molecule has 0 bridgehead atoms. The summed E-state index contributed by atoms with van der Waals surface area (Å²) >= 11 is 0. The average molecular weight is 574 g/mol. The van der Waals surface area contributed by atoms with Gasteiger partial charge in [0.1, 0.15) is 0 Å². The van der Waals surface area contributed by atoms with Crippen LogP contribution >= 0.6 is 0 Å². The largest absolute Gasteiger partial charge is 0.504 e. The number of aliphatic hydroxyl groups is 1. The number of nitrogens with zero attached hydrogens (tertiary/aromatic N) is 2. The zero-order valence-electron chi connectivity index (χ0n) is 21.8. The molecule has 214 valence electrons. The number of amides is 1. The van der Waals surface area contributed by atoms with Gasteiger partial charge in [0.15, 0.2) is 17.2 Å². The van der Waals surface area contributed by atoms with Crippen molar-refractivity contribution in [1.82, 2.24) is 9.62 Å². The lowest BCUT2D eigenvalue weighted by atomic mass is 10.00. The topological polar surface area (TPSA) is 191 Å². The summed E-state index contributed by atoms with van der Waals surface area (Å²) in [6.07, 6.45) is -1.31. The molecular weight excluding hydrogens is 542 g/mol. The van der Waals surface area contributed by atoms with Gasteiger partial charge in [-0.25, -0.2) is 8.42 Å². The Labute approximate surface area is 231 Å². The molecule has 3 aromatic carbocycles. The molecule has 2 atom stereocenters. The van der Waals surface area contributed by atoms with Crippen LogP contribution in [0.4, 0.5) is 5.69 Å². The molecule has 0 aliphatic carbocycles. The second-order valence-corrected chi connectivity index (χ2v) is 11.6. The van der Waals surface area contributed by atoms with Gasteiger partial charge in [0, 0.05) is 30.8 Å². The van der Waals surface area contributed by atoms with Crippen LogP contribution in [0.5, 0.6) is 17.2 Å². The Morgan fingerprint density at radius 2 is 1.55 bits per heavy atom. The van der Waals surface area contributed by atoms with Crippen LogP contribution in [0.1, 0.15) is 29.8 Å². The van der Waals surface area contributed by atoms with Crippen LogP contribution in [0.25, 0.3) is 0 Å². The fraction of sp³-hybridized carbons (Fsp3) is 0.296. The van der Waals surface area contributed by atoms with Crippen molar-refractivity contribution in [1.29, 1.82) is 0 Å². The monoisotopic (exact) mass is 573 g/mol. The highest BCUT2D eigenvalue weighted by Crippen LogP contribution is 2.35. The second-order valence-electron chi connectivity index (χ2n) is 9.67. The Bertz CT molecular complexity index is 1420. The molecule has 0 aliphatic rings. The molecule has 0 saturated carbocycles. The van der Waals surface area contributed by atoms with Crippen LogP contribution in [-0.4, -0.2) is 69.2 Å². The van der Waals surface area contributed by atoms with Gasteiger partial charge in [0.2, 0.25) is 10.0 Å². The van der Waals surface area contributed by atoms with Gasteiger partial charge in [-0.2, -0.15) is 4.31 Å². The first-order valence-electron chi connectivity index (χ1n) is 12.3. The molecule has 13 heteroatoms. The predicted molar refractivity (Wildman–Crippen MR) is 146 cm³/mol. The number of aliphatic hydroxyl groups excluding tert-OH is 1. The summed E-state index contributed by atoms with van der Waals surface area (Å²) in [6, 6.07) is 14.1. The van der Waals surface area contributed by atoms with Gasteiger partial charge in [-0.1, -0.05) is 44.2 Å². The average Bonchev–Trinajstić information content (AvgIpc) is 2.90. The van der Waals surface area contributed by atoms with Gasteiger partial charge in [-0.05, 0) is 42.2 Å².